The van der Waals surface area contributed by atoms with Crippen LogP contribution in [0.2, 0.25) is 0 Å². The first-order chi connectivity index (χ1) is 12.1. The minimum atomic E-state index is -1.04. The Morgan fingerprint density at radius 2 is 1.96 bits per heavy atom. The van der Waals surface area contributed by atoms with Gasteiger partial charge in [0.25, 0.3) is 5.91 Å². The number of rotatable bonds is 6. The van der Waals surface area contributed by atoms with E-state index in [1.54, 1.807) is 18.2 Å². The first-order valence-electron chi connectivity index (χ1n) is 7.26. The molecular weight excluding hydrogens is 358 g/mol. The Morgan fingerprint density at radius 1 is 1.20 bits per heavy atom. The maximum atomic E-state index is 11.9. The van der Waals surface area contributed by atoms with E-state index in [2.05, 4.69) is 15.5 Å². The van der Waals surface area contributed by atoms with Crippen molar-refractivity contribution in [3.63, 3.8) is 0 Å². The third kappa shape index (κ3) is 4.43. The summed E-state index contributed by atoms with van der Waals surface area (Å²) in [5, 5.41) is 12.9. The van der Waals surface area contributed by atoms with Crippen LogP contribution >= 0.6 is 23.1 Å². The number of thiazole rings is 1. The Kier molecular flexibility index (Phi) is 5.42. The number of aromatic nitrogens is 1. The summed E-state index contributed by atoms with van der Waals surface area (Å²) in [5.74, 6) is -1.15. The number of nitrogens with zero attached hydrogens (tertiary/aromatic N) is 2. The van der Waals surface area contributed by atoms with Gasteiger partial charge in [-0.3, -0.25) is 4.79 Å². The van der Waals surface area contributed by atoms with Crippen LogP contribution in [0.15, 0.2) is 58.0 Å². The minimum Gasteiger partial charge on any atom is -0.478 e. The predicted octanol–water partition coefficient (Wildman–Crippen LogP) is 3.24. The molecule has 8 heteroatoms. The maximum absolute atomic E-state index is 11.9. The highest BCUT2D eigenvalue weighted by molar-refractivity contribution is 8.01. The van der Waals surface area contributed by atoms with Gasteiger partial charge in [0.05, 0.1) is 27.7 Å². The van der Waals surface area contributed by atoms with Gasteiger partial charge in [0.1, 0.15) is 0 Å². The SMILES string of the molecule is O=C(CSc1nc2ccccc2s1)N/N=C\c1ccccc1C(=O)O. The number of carbonyl (C=O) groups excluding carboxylic acids is 1. The molecule has 2 aromatic carbocycles. The van der Waals surface area contributed by atoms with Gasteiger partial charge in [0, 0.05) is 5.56 Å². The predicted molar refractivity (Wildman–Crippen MR) is 99.5 cm³/mol. The lowest BCUT2D eigenvalue weighted by Gasteiger charge is -2.00. The second-order valence-electron chi connectivity index (χ2n) is 4.92. The van der Waals surface area contributed by atoms with Crippen LogP contribution in [-0.4, -0.2) is 33.9 Å². The molecule has 0 unspecified atom stereocenters. The molecule has 1 aromatic heterocycles. The second kappa shape index (κ2) is 7.91. The normalized spacial score (nSPS) is 11.0. The van der Waals surface area contributed by atoms with Crippen molar-refractivity contribution in [1.82, 2.24) is 10.4 Å². The number of aromatic carboxylic acids is 1. The molecule has 1 amide bonds. The van der Waals surface area contributed by atoms with Gasteiger partial charge in [-0.2, -0.15) is 5.10 Å². The molecule has 0 aliphatic rings. The van der Waals surface area contributed by atoms with Gasteiger partial charge in [-0.05, 0) is 18.2 Å². The fraction of sp³-hybridized carbons (Fsp3) is 0.0588. The van der Waals surface area contributed by atoms with Gasteiger partial charge in [-0.15, -0.1) is 11.3 Å². The van der Waals surface area contributed by atoms with Crippen molar-refractivity contribution in [1.29, 1.82) is 0 Å². The highest BCUT2D eigenvalue weighted by Crippen LogP contribution is 2.28. The average molecular weight is 371 g/mol. The number of para-hydroxylation sites is 1. The standard InChI is InChI=1S/C17H13N3O3S2/c21-15(10-24-17-19-13-7-3-4-8-14(13)25-17)20-18-9-11-5-1-2-6-12(11)16(22)23/h1-9H,10H2,(H,20,21)(H,22,23)/b18-9-. The van der Waals surface area contributed by atoms with Gasteiger partial charge < -0.3 is 5.11 Å². The van der Waals surface area contributed by atoms with Crippen LogP contribution in [0.4, 0.5) is 0 Å². The van der Waals surface area contributed by atoms with E-state index in [9.17, 15) is 9.59 Å². The quantitative estimate of drug-likeness (QED) is 0.394. The van der Waals surface area contributed by atoms with E-state index >= 15 is 0 Å². The lowest BCUT2D eigenvalue weighted by atomic mass is 10.1. The summed E-state index contributed by atoms with van der Waals surface area (Å²) in [6.45, 7) is 0. The Hall–Kier alpha value is -2.71. The average Bonchev–Trinajstić information content (AvgIpc) is 3.03. The van der Waals surface area contributed by atoms with Crippen LogP contribution in [0.3, 0.4) is 0 Å². The zero-order valence-electron chi connectivity index (χ0n) is 12.9. The zero-order valence-corrected chi connectivity index (χ0v) is 14.5. The molecule has 3 aromatic rings. The lowest BCUT2D eigenvalue weighted by Crippen LogP contribution is -2.19. The maximum Gasteiger partial charge on any atom is 0.336 e. The number of amides is 1. The summed E-state index contributed by atoms with van der Waals surface area (Å²) in [6, 6.07) is 14.2. The molecule has 1 heterocycles. The highest BCUT2D eigenvalue weighted by atomic mass is 32.2. The van der Waals surface area contributed by atoms with E-state index in [4.69, 9.17) is 5.11 Å². The molecule has 0 aliphatic heterocycles. The van der Waals surface area contributed by atoms with E-state index in [-0.39, 0.29) is 17.2 Å². The molecule has 0 radical (unpaired) electrons. The molecule has 0 bridgehead atoms. The number of carbonyl (C=O) groups is 2. The summed E-state index contributed by atoms with van der Waals surface area (Å²) < 4.78 is 1.89. The fourth-order valence-corrected chi connectivity index (χ4v) is 3.91. The van der Waals surface area contributed by atoms with E-state index < -0.39 is 5.97 Å². The van der Waals surface area contributed by atoms with Crippen molar-refractivity contribution in [2.45, 2.75) is 4.34 Å². The van der Waals surface area contributed by atoms with E-state index in [0.717, 1.165) is 14.6 Å². The van der Waals surface area contributed by atoms with Crippen molar-refractivity contribution in [3.8, 4) is 0 Å². The molecule has 0 atom stereocenters. The number of nitrogens with one attached hydrogen (secondary N) is 1. The first kappa shape index (κ1) is 17.1. The number of thioether (sulfide) groups is 1. The van der Waals surface area contributed by atoms with Gasteiger partial charge in [-0.25, -0.2) is 15.2 Å². The molecule has 0 spiro atoms. The van der Waals surface area contributed by atoms with Crippen molar-refractivity contribution in [2.24, 2.45) is 5.10 Å². The number of hydrazone groups is 1. The van der Waals surface area contributed by atoms with Crippen LogP contribution in [0, 0.1) is 0 Å². The third-order valence-electron chi connectivity index (χ3n) is 3.19. The molecule has 3 rings (SSSR count). The zero-order chi connectivity index (χ0) is 17.6. The van der Waals surface area contributed by atoms with Crippen molar-refractivity contribution in [3.05, 3.63) is 59.7 Å². The Labute approximate surface area is 151 Å². The molecule has 126 valence electrons. The number of carboxylic acids is 1. The van der Waals surface area contributed by atoms with Crippen molar-refractivity contribution >= 4 is 51.4 Å². The lowest BCUT2D eigenvalue weighted by molar-refractivity contribution is -0.118. The molecule has 0 fully saturated rings. The fourth-order valence-electron chi connectivity index (χ4n) is 2.05. The van der Waals surface area contributed by atoms with E-state index in [1.165, 1.54) is 35.4 Å². The molecular formula is C17H13N3O3S2. The van der Waals surface area contributed by atoms with Gasteiger partial charge in [0.2, 0.25) is 0 Å². The van der Waals surface area contributed by atoms with Gasteiger partial charge in [-0.1, -0.05) is 42.1 Å². The van der Waals surface area contributed by atoms with Crippen LogP contribution in [0.1, 0.15) is 15.9 Å². The van der Waals surface area contributed by atoms with Crippen LogP contribution < -0.4 is 5.43 Å². The van der Waals surface area contributed by atoms with Gasteiger partial charge in [0.15, 0.2) is 4.34 Å². The first-order valence-corrected chi connectivity index (χ1v) is 9.06. The molecule has 0 aliphatic carbocycles. The number of fused-ring (bicyclic) bond motifs is 1. The molecule has 25 heavy (non-hydrogen) atoms. The van der Waals surface area contributed by atoms with E-state index in [1.807, 2.05) is 24.3 Å². The number of carboxylic acid groups (broad SMARTS) is 1. The Morgan fingerprint density at radius 3 is 2.76 bits per heavy atom. The summed E-state index contributed by atoms with van der Waals surface area (Å²) in [7, 11) is 0. The molecule has 6 nitrogen and oxygen atoms in total. The third-order valence-corrected chi connectivity index (χ3v) is 5.36. The monoisotopic (exact) mass is 371 g/mol. The second-order valence-corrected chi connectivity index (χ2v) is 7.17. The summed E-state index contributed by atoms with van der Waals surface area (Å²) in [6.07, 6.45) is 1.32. The van der Waals surface area contributed by atoms with Crippen LogP contribution in [0.5, 0.6) is 0 Å². The summed E-state index contributed by atoms with van der Waals surface area (Å²) in [4.78, 5) is 27.4. The van der Waals surface area contributed by atoms with Crippen LogP contribution in [0.25, 0.3) is 10.2 Å². The largest absolute Gasteiger partial charge is 0.478 e. The number of hydrogen-bond donors (Lipinski definition) is 2. The molecule has 0 saturated heterocycles. The van der Waals surface area contributed by atoms with Gasteiger partial charge >= 0.3 is 5.97 Å². The van der Waals surface area contributed by atoms with Crippen LogP contribution in [-0.2, 0) is 4.79 Å². The molecule has 0 saturated carbocycles. The smallest absolute Gasteiger partial charge is 0.336 e. The molecule has 2 N–H and O–H groups in total. The Balaban J connectivity index is 1.55. The summed E-state index contributed by atoms with van der Waals surface area (Å²) >= 11 is 2.87. The summed E-state index contributed by atoms with van der Waals surface area (Å²) in [5.41, 5.74) is 3.86. The topological polar surface area (TPSA) is 91.7 Å². The highest BCUT2D eigenvalue weighted by Gasteiger charge is 2.08. The Bertz CT molecular complexity index is 920. The van der Waals surface area contributed by atoms with Crippen molar-refractivity contribution < 1.29 is 14.7 Å². The minimum absolute atomic E-state index is 0.129. The number of benzene rings is 2. The van der Waals surface area contributed by atoms with E-state index in [0.29, 0.717) is 5.56 Å². The number of hydrogen-bond acceptors (Lipinski definition) is 6. The van der Waals surface area contributed by atoms with Crippen molar-refractivity contribution in [2.75, 3.05) is 5.75 Å².